The van der Waals surface area contributed by atoms with Gasteiger partial charge in [0.05, 0.1) is 0 Å². The van der Waals surface area contributed by atoms with Gasteiger partial charge in [-0.25, -0.2) is 0 Å². The van der Waals surface area contributed by atoms with Crippen LogP contribution < -0.4 is 4.74 Å². The molecule has 0 aliphatic heterocycles. The topological polar surface area (TPSA) is 26.3 Å². The Bertz CT molecular complexity index is 677. The lowest BCUT2D eigenvalue weighted by Crippen LogP contribution is -2.25. The summed E-state index contributed by atoms with van der Waals surface area (Å²) in [4.78, 5) is 12.5. The maximum atomic E-state index is 12.5. The van der Waals surface area contributed by atoms with E-state index < -0.39 is 6.10 Å². The fourth-order valence-corrected chi connectivity index (χ4v) is 2.44. The Balaban J connectivity index is 2.21. The van der Waals surface area contributed by atoms with Crippen LogP contribution >= 0.6 is 11.6 Å². The summed E-state index contributed by atoms with van der Waals surface area (Å²) in [5.74, 6) is 0.677. The van der Waals surface area contributed by atoms with Crippen LogP contribution in [0.2, 0.25) is 5.02 Å². The quantitative estimate of drug-likeness (QED) is 0.750. The first-order valence-electron chi connectivity index (χ1n) is 6.93. The standard InChI is InChI=1S/C18H19ClO2/c1-11-5-6-12(2)16(9-11)18(20)14(4)21-17-8-7-15(19)10-13(17)3/h5-10,14H,1-4H3. The third-order valence-corrected chi connectivity index (χ3v) is 3.70. The van der Waals surface area contributed by atoms with Gasteiger partial charge >= 0.3 is 0 Å². The van der Waals surface area contributed by atoms with Gasteiger partial charge in [0.25, 0.3) is 0 Å². The normalized spacial score (nSPS) is 12.0. The number of hydrogen-bond acceptors (Lipinski definition) is 2. The van der Waals surface area contributed by atoms with E-state index in [0.717, 1.165) is 16.7 Å². The predicted molar refractivity (Wildman–Crippen MR) is 86.5 cm³/mol. The molecule has 0 radical (unpaired) electrons. The van der Waals surface area contributed by atoms with Crippen molar-refractivity contribution in [3.05, 3.63) is 63.7 Å². The molecule has 0 aromatic heterocycles. The van der Waals surface area contributed by atoms with Crippen LogP contribution in [-0.2, 0) is 0 Å². The number of aryl methyl sites for hydroxylation is 3. The van der Waals surface area contributed by atoms with Gasteiger partial charge in [0.1, 0.15) is 5.75 Å². The molecule has 0 saturated heterocycles. The van der Waals surface area contributed by atoms with E-state index in [1.807, 2.05) is 45.0 Å². The molecule has 2 rings (SSSR count). The summed E-state index contributed by atoms with van der Waals surface area (Å²) < 4.78 is 5.80. The fourth-order valence-electron chi connectivity index (χ4n) is 2.21. The zero-order valence-corrected chi connectivity index (χ0v) is 13.5. The van der Waals surface area contributed by atoms with Crippen LogP contribution in [0.25, 0.3) is 0 Å². The number of carbonyl (C=O) groups excluding carboxylic acids is 1. The summed E-state index contributed by atoms with van der Waals surface area (Å²) >= 11 is 5.93. The van der Waals surface area contributed by atoms with Crippen LogP contribution in [-0.4, -0.2) is 11.9 Å². The first-order valence-corrected chi connectivity index (χ1v) is 7.30. The highest BCUT2D eigenvalue weighted by atomic mass is 35.5. The van der Waals surface area contributed by atoms with Crippen LogP contribution in [0, 0.1) is 20.8 Å². The highest BCUT2D eigenvalue weighted by Crippen LogP contribution is 2.24. The Morgan fingerprint density at radius 2 is 1.76 bits per heavy atom. The van der Waals surface area contributed by atoms with E-state index in [0.29, 0.717) is 16.3 Å². The largest absolute Gasteiger partial charge is 0.482 e. The summed E-state index contributed by atoms with van der Waals surface area (Å²) in [6, 6.07) is 11.3. The molecule has 1 atom stereocenters. The molecular formula is C18H19ClO2. The van der Waals surface area contributed by atoms with E-state index in [-0.39, 0.29) is 5.78 Å². The fraction of sp³-hybridized carbons (Fsp3) is 0.278. The van der Waals surface area contributed by atoms with E-state index >= 15 is 0 Å². The Hall–Kier alpha value is -1.80. The van der Waals surface area contributed by atoms with Gasteiger partial charge in [0, 0.05) is 10.6 Å². The van der Waals surface area contributed by atoms with E-state index in [1.54, 1.807) is 19.1 Å². The van der Waals surface area contributed by atoms with Crippen molar-refractivity contribution >= 4 is 17.4 Å². The molecule has 3 heteroatoms. The zero-order chi connectivity index (χ0) is 15.6. The van der Waals surface area contributed by atoms with Crippen molar-refractivity contribution in [2.24, 2.45) is 0 Å². The summed E-state index contributed by atoms with van der Waals surface area (Å²) in [7, 11) is 0. The lowest BCUT2D eigenvalue weighted by Gasteiger charge is -2.17. The van der Waals surface area contributed by atoms with E-state index in [1.165, 1.54) is 0 Å². The summed E-state index contributed by atoms with van der Waals surface area (Å²) in [5, 5.41) is 0.661. The summed E-state index contributed by atoms with van der Waals surface area (Å²) in [6.45, 7) is 7.60. The van der Waals surface area contributed by atoms with Gasteiger partial charge in [-0.1, -0.05) is 29.3 Å². The van der Waals surface area contributed by atoms with Crippen LogP contribution in [0.4, 0.5) is 0 Å². The first-order chi connectivity index (χ1) is 9.88. The molecule has 2 aromatic carbocycles. The van der Waals surface area contributed by atoms with Gasteiger partial charge in [0.2, 0.25) is 5.78 Å². The summed E-state index contributed by atoms with van der Waals surface area (Å²) in [6.07, 6.45) is -0.537. The number of rotatable bonds is 4. The van der Waals surface area contributed by atoms with Gasteiger partial charge in [0.15, 0.2) is 6.10 Å². The van der Waals surface area contributed by atoms with Gasteiger partial charge in [-0.3, -0.25) is 4.79 Å². The molecule has 1 unspecified atom stereocenters. The van der Waals surface area contributed by atoms with Crippen molar-refractivity contribution in [1.29, 1.82) is 0 Å². The lowest BCUT2D eigenvalue weighted by atomic mass is 9.99. The van der Waals surface area contributed by atoms with E-state index in [4.69, 9.17) is 16.3 Å². The lowest BCUT2D eigenvalue weighted by molar-refractivity contribution is 0.0816. The van der Waals surface area contributed by atoms with Gasteiger partial charge in [-0.2, -0.15) is 0 Å². The summed E-state index contributed by atoms with van der Waals surface area (Å²) in [5.41, 5.74) is 3.67. The van der Waals surface area contributed by atoms with Crippen LogP contribution in [0.3, 0.4) is 0 Å². The Labute approximate surface area is 130 Å². The van der Waals surface area contributed by atoms with Gasteiger partial charge in [-0.15, -0.1) is 0 Å². The molecule has 0 aliphatic rings. The second-order valence-corrected chi connectivity index (χ2v) is 5.79. The highest BCUT2D eigenvalue weighted by Gasteiger charge is 2.19. The second kappa shape index (κ2) is 6.31. The van der Waals surface area contributed by atoms with Crippen molar-refractivity contribution in [3.63, 3.8) is 0 Å². The smallest absolute Gasteiger partial charge is 0.203 e. The minimum absolute atomic E-state index is 0.00875. The molecule has 0 spiro atoms. The highest BCUT2D eigenvalue weighted by molar-refractivity contribution is 6.30. The van der Waals surface area contributed by atoms with Gasteiger partial charge in [-0.05, 0) is 63.1 Å². The molecule has 0 amide bonds. The molecule has 2 aromatic rings. The molecule has 0 heterocycles. The Morgan fingerprint density at radius 3 is 2.43 bits per heavy atom. The Kier molecular flexibility index (Phi) is 4.69. The minimum Gasteiger partial charge on any atom is -0.482 e. The van der Waals surface area contributed by atoms with Crippen LogP contribution in [0.1, 0.15) is 34.0 Å². The van der Waals surface area contributed by atoms with Crippen LogP contribution in [0.15, 0.2) is 36.4 Å². The molecule has 110 valence electrons. The minimum atomic E-state index is -0.537. The molecule has 0 fully saturated rings. The maximum absolute atomic E-state index is 12.5. The number of halogens is 1. The second-order valence-electron chi connectivity index (χ2n) is 5.35. The number of Topliss-reactive ketones (excluding diaryl/α,β-unsaturated/α-hetero) is 1. The van der Waals surface area contributed by atoms with E-state index in [9.17, 15) is 4.79 Å². The van der Waals surface area contributed by atoms with Gasteiger partial charge < -0.3 is 4.74 Å². The maximum Gasteiger partial charge on any atom is 0.203 e. The predicted octanol–water partition coefficient (Wildman–Crippen LogP) is 4.92. The molecule has 0 saturated carbocycles. The van der Waals surface area contributed by atoms with Crippen molar-refractivity contribution in [3.8, 4) is 5.75 Å². The average molecular weight is 303 g/mol. The average Bonchev–Trinajstić information content (AvgIpc) is 2.43. The first kappa shape index (κ1) is 15.6. The Morgan fingerprint density at radius 1 is 1.05 bits per heavy atom. The van der Waals surface area contributed by atoms with Crippen molar-refractivity contribution in [1.82, 2.24) is 0 Å². The number of carbonyl (C=O) groups is 1. The molecule has 2 nitrogen and oxygen atoms in total. The molecule has 0 bridgehead atoms. The zero-order valence-electron chi connectivity index (χ0n) is 12.7. The number of benzene rings is 2. The molecular weight excluding hydrogens is 284 g/mol. The monoisotopic (exact) mass is 302 g/mol. The van der Waals surface area contributed by atoms with Crippen molar-refractivity contribution in [2.75, 3.05) is 0 Å². The molecule has 21 heavy (non-hydrogen) atoms. The number of hydrogen-bond donors (Lipinski definition) is 0. The SMILES string of the molecule is Cc1ccc(C)c(C(=O)C(C)Oc2ccc(Cl)cc2C)c1. The third kappa shape index (κ3) is 3.64. The van der Waals surface area contributed by atoms with Crippen molar-refractivity contribution in [2.45, 2.75) is 33.8 Å². The number of ether oxygens (including phenoxy) is 1. The van der Waals surface area contributed by atoms with Crippen LogP contribution in [0.5, 0.6) is 5.75 Å². The third-order valence-electron chi connectivity index (χ3n) is 3.47. The van der Waals surface area contributed by atoms with Crippen molar-refractivity contribution < 1.29 is 9.53 Å². The number of ketones is 1. The van der Waals surface area contributed by atoms with E-state index in [2.05, 4.69) is 0 Å². The molecule has 0 aliphatic carbocycles. The molecule has 0 N–H and O–H groups in total.